The molecule has 136 valence electrons. The van der Waals surface area contributed by atoms with Crippen LogP contribution in [-0.2, 0) is 4.74 Å². The third kappa shape index (κ3) is 4.49. The number of ether oxygens (including phenoxy) is 1. The normalized spacial score (nSPS) is 14.0. The average Bonchev–Trinajstić information content (AvgIpc) is 2.62. The fourth-order valence-corrected chi connectivity index (χ4v) is 3.11. The summed E-state index contributed by atoms with van der Waals surface area (Å²) >= 11 is 11.2. The highest BCUT2D eigenvalue weighted by molar-refractivity contribution is 7.80. The molecule has 0 aliphatic carbocycles. The van der Waals surface area contributed by atoms with Crippen molar-refractivity contribution in [2.24, 2.45) is 0 Å². The van der Waals surface area contributed by atoms with Crippen molar-refractivity contribution >= 4 is 46.2 Å². The molecule has 2 aromatic carbocycles. The lowest BCUT2D eigenvalue weighted by Crippen LogP contribution is -2.38. The van der Waals surface area contributed by atoms with E-state index in [-0.39, 0.29) is 15.7 Å². The van der Waals surface area contributed by atoms with Crippen molar-refractivity contribution in [2.75, 3.05) is 36.5 Å². The van der Waals surface area contributed by atoms with Crippen LogP contribution in [-0.4, -0.2) is 37.3 Å². The monoisotopic (exact) mass is 393 g/mol. The Hall–Kier alpha value is -2.22. The van der Waals surface area contributed by atoms with Crippen molar-refractivity contribution in [3.63, 3.8) is 0 Å². The van der Waals surface area contributed by atoms with Crippen LogP contribution in [0.1, 0.15) is 10.4 Å². The second kappa shape index (κ2) is 8.44. The zero-order valence-corrected chi connectivity index (χ0v) is 15.4. The summed E-state index contributed by atoms with van der Waals surface area (Å²) < 4.78 is 18.5. The van der Waals surface area contributed by atoms with Gasteiger partial charge in [-0.1, -0.05) is 23.7 Å². The molecule has 0 spiro atoms. The molecule has 1 aliphatic heterocycles. The third-order valence-electron chi connectivity index (χ3n) is 3.91. The van der Waals surface area contributed by atoms with E-state index in [0.717, 1.165) is 30.5 Å². The first-order chi connectivity index (χ1) is 12.5. The molecule has 26 heavy (non-hydrogen) atoms. The van der Waals surface area contributed by atoms with Gasteiger partial charge in [-0.2, -0.15) is 0 Å². The predicted molar refractivity (Wildman–Crippen MR) is 105 cm³/mol. The molecule has 2 N–H and O–H groups in total. The Labute approximate surface area is 161 Å². The van der Waals surface area contributed by atoms with Gasteiger partial charge in [0.15, 0.2) is 5.11 Å². The molecule has 0 aromatic heterocycles. The first-order valence-corrected chi connectivity index (χ1v) is 8.82. The van der Waals surface area contributed by atoms with Crippen molar-refractivity contribution in [3.8, 4) is 0 Å². The molecule has 1 aliphatic rings. The van der Waals surface area contributed by atoms with E-state index in [9.17, 15) is 9.18 Å². The SMILES string of the molecule is O=C(NC(=S)Nc1ccccc1N1CCOCC1)c1ccc(F)cc1Cl. The number of morpholine rings is 1. The predicted octanol–water partition coefficient (Wildman–Crippen LogP) is 3.44. The number of nitrogens with one attached hydrogen (secondary N) is 2. The zero-order valence-electron chi connectivity index (χ0n) is 13.8. The number of thiocarbonyl (C=S) groups is 1. The molecular formula is C18H17ClFN3O2S. The number of rotatable bonds is 3. The molecule has 5 nitrogen and oxygen atoms in total. The summed E-state index contributed by atoms with van der Waals surface area (Å²) in [5.41, 5.74) is 1.91. The number of nitrogens with zero attached hydrogens (tertiary/aromatic N) is 1. The zero-order chi connectivity index (χ0) is 18.5. The summed E-state index contributed by atoms with van der Waals surface area (Å²) in [6.07, 6.45) is 0. The minimum Gasteiger partial charge on any atom is -0.378 e. The Bertz CT molecular complexity index is 828. The van der Waals surface area contributed by atoms with Gasteiger partial charge in [-0.25, -0.2) is 4.39 Å². The molecule has 8 heteroatoms. The van der Waals surface area contributed by atoms with Crippen molar-refractivity contribution in [1.29, 1.82) is 0 Å². The number of carbonyl (C=O) groups excluding carboxylic acids is 1. The van der Waals surface area contributed by atoms with E-state index in [1.165, 1.54) is 12.1 Å². The van der Waals surface area contributed by atoms with E-state index in [2.05, 4.69) is 15.5 Å². The Morgan fingerprint density at radius 3 is 2.65 bits per heavy atom. The second-order valence-electron chi connectivity index (χ2n) is 5.65. The van der Waals surface area contributed by atoms with Gasteiger partial charge in [0.25, 0.3) is 5.91 Å². The summed E-state index contributed by atoms with van der Waals surface area (Å²) in [6.45, 7) is 2.89. The van der Waals surface area contributed by atoms with E-state index in [1.54, 1.807) is 0 Å². The lowest BCUT2D eigenvalue weighted by atomic mass is 10.2. The molecule has 0 atom stereocenters. The van der Waals surface area contributed by atoms with E-state index in [0.29, 0.717) is 13.2 Å². The summed E-state index contributed by atoms with van der Waals surface area (Å²) in [7, 11) is 0. The molecule has 2 aromatic rings. The first kappa shape index (κ1) is 18.6. The van der Waals surface area contributed by atoms with E-state index in [4.69, 9.17) is 28.6 Å². The lowest BCUT2D eigenvalue weighted by molar-refractivity contribution is 0.0978. The number of amides is 1. The van der Waals surface area contributed by atoms with Crippen molar-refractivity contribution < 1.29 is 13.9 Å². The molecule has 0 radical (unpaired) electrons. The maximum atomic E-state index is 13.1. The van der Waals surface area contributed by atoms with Crippen LogP contribution < -0.4 is 15.5 Å². The van der Waals surface area contributed by atoms with Crippen LogP contribution >= 0.6 is 23.8 Å². The van der Waals surface area contributed by atoms with Gasteiger partial charge in [0.1, 0.15) is 5.82 Å². The van der Waals surface area contributed by atoms with Gasteiger partial charge >= 0.3 is 0 Å². The number of para-hydroxylation sites is 2. The Kier molecular flexibility index (Phi) is 6.03. The Morgan fingerprint density at radius 2 is 1.92 bits per heavy atom. The second-order valence-corrected chi connectivity index (χ2v) is 6.46. The average molecular weight is 394 g/mol. The van der Waals surface area contributed by atoms with Crippen LogP contribution in [0.3, 0.4) is 0 Å². The highest BCUT2D eigenvalue weighted by Crippen LogP contribution is 2.26. The number of benzene rings is 2. The highest BCUT2D eigenvalue weighted by Gasteiger charge is 2.16. The van der Waals surface area contributed by atoms with Crippen molar-refractivity contribution in [1.82, 2.24) is 5.32 Å². The molecule has 1 saturated heterocycles. The van der Waals surface area contributed by atoms with E-state index >= 15 is 0 Å². The summed E-state index contributed by atoms with van der Waals surface area (Å²) in [5.74, 6) is -1.01. The first-order valence-electron chi connectivity index (χ1n) is 8.04. The summed E-state index contributed by atoms with van der Waals surface area (Å²) in [4.78, 5) is 14.5. The molecule has 1 amide bonds. The smallest absolute Gasteiger partial charge is 0.258 e. The molecule has 1 heterocycles. The van der Waals surface area contributed by atoms with Crippen LogP contribution in [0.2, 0.25) is 5.02 Å². The van der Waals surface area contributed by atoms with Crippen molar-refractivity contribution in [2.45, 2.75) is 0 Å². The van der Waals surface area contributed by atoms with Gasteiger partial charge in [-0.3, -0.25) is 10.1 Å². The highest BCUT2D eigenvalue weighted by atomic mass is 35.5. The molecule has 0 saturated carbocycles. The number of hydrogen-bond acceptors (Lipinski definition) is 4. The summed E-state index contributed by atoms with van der Waals surface area (Å²) in [6, 6.07) is 11.3. The van der Waals surface area contributed by atoms with Gasteiger partial charge in [0.2, 0.25) is 0 Å². The Balaban J connectivity index is 1.69. The van der Waals surface area contributed by atoms with Crippen LogP contribution in [0.25, 0.3) is 0 Å². The molecule has 0 bridgehead atoms. The number of hydrogen-bond donors (Lipinski definition) is 2. The van der Waals surface area contributed by atoms with Crippen LogP contribution in [0.15, 0.2) is 42.5 Å². The van der Waals surface area contributed by atoms with Crippen LogP contribution in [0.4, 0.5) is 15.8 Å². The van der Waals surface area contributed by atoms with Gasteiger partial charge in [0, 0.05) is 13.1 Å². The van der Waals surface area contributed by atoms with Gasteiger partial charge in [-0.05, 0) is 42.5 Å². The van der Waals surface area contributed by atoms with Crippen LogP contribution in [0.5, 0.6) is 0 Å². The van der Waals surface area contributed by atoms with E-state index < -0.39 is 11.7 Å². The largest absolute Gasteiger partial charge is 0.378 e. The van der Waals surface area contributed by atoms with E-state index in [1.807, 2.05) is 24.3 Å². The maximum absolute atomic E-state index is 13.1. The van der Waals surface area contributed by atoms with Crippen molar-refractivity contribution in [3.05, 3.63) is 58.9 Å². The number of carbonyl (C=O) groups is 1. The molecule has 3 rings (SSSR count). The van der Waals surface area contributed by atoms with Gasteiger partial charge in [0.05, 0.1) is 35.2 Å². The maximum Gasteiger partial charge on any atom is 0.258 e. The molecule has 1 fully saturated rings. The number of anilines is 2. The molecule has 0 unspecified atom stereocenters. The standard InChI is InChI=1S/C18H17ClFN3O2S/c19-14-11-12(20)5-6-13(14)17(24)22-18(26)21-15-3-1-2-4-16(15)23-7-9-25-10-8-23/h1-6,11H,7-10H2,(H2,21,22,24,26). The summed E-state index contributed by atoms with van der Waals surface area (Å²) in [5, 5.41) is 5.77. The minimum absolute atomic E-state index is 0.0269. The molecular weight excluding hydrogens is 377 g/mol. The topological polar surface area (TPSA) is 53.6 Å². The fourth-order valence-electron chi connectivity index (χ4n) is 2.66. The van der Waals surface area contributed by atoms with Crippen LogP contribution in [0, 0.1) is 5.82 Å². The van der Waals surface area contributed by atoms with Gasteiger partial charge < -0.3 is 15.0 Å². The van der Waals surface area contributed by atoms with Gasteiger partial charge in [-0.15, -0.1) is 0 Å². The number of halogens is 2. The Morgan fingerprint density at radius 1 is 1.19 bits per heavy atom. The lowest BCUT2D eigenvalue weighted by Gasteiger charge is -2.30. The quantitative estimate of drug-likeness (QED) is 0.782. The third-order valence-corrected chi connectivity index (χ3v) is 4.42. The fraction of sp³-hybridized carbons (Fsp3) is 0.222. The minimum atomic E-state index is -0.508.